The molecule has 16 nitrogen and oxygen atoms in total. The van der Waals surface area contributed by atoms with E-state index in [0.29, 0.717) is 16.3 Å². The van der Waals surface area contributed by atoms with Crippen LogP contribution in [-0.4, -0.2) is 80.0 Å². The zero-order valence-corrected chi connectivity index (χ0v) is 21.1. The van der Waals surface area contributed by atoms with E-state index in [1.807, 2.05) is 6.26 Å². The van der Waals surface area contributed by atoms with Gasteiger partial charge in [0.15, 0.2) is 28.8 Å². The summed E-state index contributed by atoms with van der Waals surface area (Å²) in [5, 5.41) is 0.441. The topological polar surface area (TPSA) is 209 Å². The van der Waals surface area contributed by atoms with Crippen LogP contribution in [0.5, 0.6) is 0 Å². The van der Waals surface area contributed by atoms with E-state index in [1.165, 1.54) is 25.2 Å². The molecule has 0 radical (unpaired) electrons. The minimum Gasteiger partial charge on any atom is -0.382 e. The van der Waals surface area contributed by atoms with Crippen LogP contribution in [0.15, 0.2) is 11.5 Å². The Kier molecular flexibility index (Phi) is 6.79. The highest BCUT2D eigenvalue weighted by Gasteiger charge is 2.55. The summed E-state index contributed by atoms with van der Waals surface area (Å²) in [6.07, 6.45) is 0.311. The Morgan fingerprint density at radius 1 is 1.24 bits per heavy atom. The number of ether oxygens (including phenoxy) is 4. The molecule has 3 fully saturated rings. The summed E-state index contributed by atoms with van der Waals surface area (Å²) < 4.78 is 63.2. The molecule has 34 heavy (non-hydrogen) atoms. The lowest BCUT2D eigenvalue weighted by molar-refractivity contribution is -0.256. The molecule has 5 heterocycles. The third-order valence-electron chi connectivity index (χ3n) is 4.99. The van der Waals surface area contributed by atoms with Crippen molar-refractivity contribution in [1.29, 1.82) is 0 Å². The summed E-state index contributed by atoms with van der Waals surface area (Å²) in [4.78, 5) is 32.2. The summed E-state index contributed by atoms with van der Waals surface area (Å²) >= 11 is 1.31. The Hall–Kier alpha value is -0.770. The quantitative estimate of drug-likeness (QED) is 0.259. The molecule has 0 amide bonds. The summed E-state index contributed by atoms with van der Waals surface area (Å²) in [7, 11) is -9.87. The molecule has 3 unspecified atom stereocenters. The van der Waals surface area contributed by atoms with Gasteiger partial charge in [-0.2, -0.15) is 0 Å². The molecule has 7 atom stereocenters. The van der Waals surface area contributed by atoms with Crippen molar-refractivity contribution in [3.05, 3.63) is 6.33 Å². The molecule has 188 valence electrons. The molecule has 3 aliphatic heterocycles. The first kappa shape index (κ1) is 24.9. The highest BCUT2D eigenvalue weighted by molar-refractivity contribution is 7.98. The molecule has 0 aromatic carbocycles. The Balaban J connectivity index is 1.39. The van der Waals surface area contributed by atoms with E-state index >= 15 is 0 Å². The van der Waals surface area contributed by atoms with Crippen molar-refractivity contribution in [1.82, 2.24) is 19.5 Å². The highest BCUT2D eigenvalue weighted by atomic mass is 32.2. The van der Waals surface area contributed by atoms with Crippen molar-refractivity contribution in [3.8, 4) is 0 Å². The highest BCUT2D eigenvalue weighted by Crippen LogP contribution is 2.75. The minimum absolute atomic E-state index is 0.206. The molecule has 0 spiro atoms. The van der Waals surface area contributed by atoms with Crippen molar-refractivity contribution < 1.29 is 51.0 Å². The molecule has 0 saturated carbocycles. The fourth-order valence-electron chi connectivity index (χ4n) is 3.65. The van der Waals surface area contributed by atoms with E-state index in [9.17, 15) is 18.9 Å². The average molecular weight is 559 g/mol. The van der Waals surface area contributed by atoms with Gasteiger partial charge >= 0.3 is 23.8 Å². The summed E-state index contributed by atoms with van der Waals surface area (Å²) in [6, 6.07) is 0. The van der Waals surface area contributed by atoms with Crippen LogP contribution in [0.3, 0.4) is 0 Å². The third kappa shape index (κ3) is 4.78. The third-order valence-corrected chi connectivity index (χ3v) is 11.9. The van der Waals surface area contributed by atoms with Crippen LogP contribution in [0.4, 0.5) is 5.82 Å². The van der Waals surface area contributed by atoms with Crippen LogP contribution < -0.4 is 5.73 Å². The number of nitrogens with zero attached hydrogens (tertiary/aromatic N) is 4. The van der Waals surface area contributed by atoms with Crippen molar-refractivity contribution in [2.75, 3.05) is 31.6 Å². The maximum atomic E-state index is 11.9. The van der Waals surface area contributed by atoms with Crippen LogP contribution in [-0.2, 0) is 41.2 Å². The standard InChI is InChI=1S/C14H20N5O11P3S/c1-24-14-27-8-6(3-25-31-29-32(20,21)5-33(22,23)30-31)26-12(9(8)28-14)19-4-16-7-10(15)17-13(34-2)18-11(7)19/h4,6,8-9,12,14H,3,5H2,1-2H3,(H,20,21)(H,22,23)(H2,15,17,18)/t6-,8-,9-,12-,14?/m1/s1. The number of aromatic nitrogens is 4. The Morgan fingerprint density at radius 3 is 2.62 bits per heavy atom. The van der Waals surface area contributed by atoms with Gasteiger partial charge in [0.05, 0.1) is 12.9 Å². The van der Waals surface area contributed by atoms with E-state index in [4.69, 9.17) is 37.8 Å². The predicted octanol–water partition coefficient (Wildman–Crippen LogP) is 1.36. The average Bonchev–Trinajstić information content (AvgIpc) is 3.43. The van der Waals surface area contributed by atoms with Gasteiger partial charge in [-0.25, -0.2) is 23.6 Å². The molecule has 5 rings (SSSR count). The fourth-order valence-corrected chi connectivity index (χ4v) is 9.87. The smallest absolute Gasteiger partial charge is 0.348 e. The lowest BCUT2D eigenvalue weighted by Gasteiger charge is -2.28. The van der Waals surface area contributed by atoms with Crippen molar-refractivity contribution in [3.63, 3.8) is 0 Å². The minimum atomic E-state index is -4.35. The van der Waals surface area contributed by atoms with Crippen LogP contribution in [0.2, 0.25) is 0 Å². The number of thioether (sulfide) groups is 1. The van der Waals surface area contributed by atoms with Gasteiger partial charge < -0.3 is 39.0 Å². The number of fused-ring (bicyclic) bond motifs is 2. The summed E-state index contributed by atoms with van der Waals surface area (Å²) in [5.41, 5.74) is 6.80. The second kappa shape index (κ2) is 9.27. The van der Waals surface area contributed by atoms with E-state index in [0.717, 1.165) is 0 Å². The molecule has 20 heteroatoms. The lowest BCUT2D eigenvalue weighted by Crippen LogP contribution is -2.31. The number of rotatable bonds is 6. The van der Waals surface area contributed by atoms with Gasteiger partial charge in [0.2, 0.25) is 0 Å². The number of nitrogens with two attached hydrogens (primary N) is 1. The molecular formula is C14H20N5O11P3S. The Bertz CT molecular complexity index is 1160. The first-order chi connectivity index (χ1) is 16.1. The van der Waals surface area contributed by atoms with Gasteiger partial charge in [0.25, 0.3) is 6.48 Å². The number of imidazole rings is 1. The van der Waals surface area contributed by atoms with Gasteiger partial charge in [0, 0.05) is 7.11 Å². The van der Waals surface area contributed by atoms with E-state index < -0.39 is 60.7 Å². The normalized spacial score (nSPS) is 40.1. The zero-order valence-electron chi connectivity index (χ0n) is 17.6. The number of methoxy groups -OCH3 is 1. The molecule has 3 saturated heterocycles. The van der Waals surface area contributed by atoms with Gasteiger partial charge in [-0.15, -0.1) is 0 Å². The second-order valence-electron chi connectivity index (χ2n) is 7.31. The number of hydrogen-bond acceptors (Lipinski definition) is 14. The second-order valence-corrected chi connectivity index (χ2v) is 13.8. The van der Waals surface area contributed by atoms with Crippen LogP contribution >= 0.6 is 35.6 Å². The Morgan fingerprint density at radius 2 is 1.94 bits per heavy atom. The van der Waals surface area contributed by atoms with Gasteiger partial charge in [0.1, 0.15) is 23.8 Å². The zero-order chi connectivity index (χ0) is 24.3. The van der Waals surface area contributed by atoms with Gasteiger partial charge in [-0.1, -0.05) is 11.8 Å². The maximum Gasteiger partial charge on any atom is 0.348 e. The monoisotopic (exact) mass is 559 g/mol. The van der Waals surface area contributed by atoms with Gasteiger partial charge in [-0.3, -0.25) is 13.7 Å². The molecule has 2 aromatic heterocycles. The van der Waals surface area contributed by atoms with E-state index in [2.05, 4.69) is 15.0 Å². The first-order valence-corrected chi connectivity index (χ1v) is 15.4. The molecular weight excluding hydrogens is 539 g/mol. The largest absolute Gasteiger partial charge is 0.382 e. The molecule has 3 aliphatic rings. The van der Waals surface area contributed by atoms with Crippen LogP contribution in [0.1, 0.15) is 6.23 Å². The molecule has 0 bridgehead atoms. The van der Waals surface area contributed by atoms with Crippen molar-refractivity contribution >= 4 is 52.5 Å². The molecule has 2 aromatic rings. The fraction of sp³-hybridized carbons (Fsp3) is 0.643. The Labute approximate surface area is 197 Å². The lowest BCUT2D eigenvalue weighted by atomic mass is 10.1. The first-order valence-electron chi connectivity index (χ1n) is 9.58. The van der Waals surface area contributed by atoms with E-state index in [1.54, 1.807) is 4.57 Å². The molecule has 4 N–H and O–H groups in total. The SMILES string of the molecule is COC1O[C@@H]2[C@H](O1)[C@@H](COP1OP(=O)(O)CP(=O)(O)O1)O[C@H]2n1cnc2c(N)nc(SC)nc21. The number of anilines is 1. The summed E-state index contributed by atoms with van der Waals surface area (Å²) in [5.74, 6) is -0.810. The van der Waals surface area contributed by atoms with Gasteiger partial charge in [-0.05, 0) is 6.26 Å². The van der Waals surface area contributed by atoms with Crippen LogP contribution in [0, 0.1) is 0 Å². The number of nitrogen functional groups attached to an aromatic ring is 1. The van der Waals surface area contributed by atoms with E-state index in [-0.39, 0.29) is 12.4 Å². The number of hydrogen-bond donors (Lipinski definition) is 3. The van der Waals surface area contributed by atoms with Crippen molar-refractivity contribution in [2.24, 2.45) is 0 Å². The predicted molar refractivity (Wildman–Crippen MR) is 116 cm³/mol. The molecule has 0 aliphatic carbocycles. The van der Waals surface area contributed by atoms with Crippen molar-refractivity contribution in [2.45, 2.75) is 36.2 Å². The summed E-state index contributed by atoms with van der Waals surface area (Å²) in [6.45, 7) is -1.26. The van der Waals surface area contributed by atoms with Crippen LogP contribution in [0.25, 0.3) is 11.2 Å². The maximum absolute atomic E-state index is 11.9.